The molecule has 1 aliphatic carbocycles. The third-order valence-corrected chi connectivity index (χ3v) is 5.17. The van der Waals surface area contributed by atoms with Gasteiger partial charge in [-0.2, -0.15) is 0 Å². The summed E-state index contributed by atoms with van der Waals surface area (Å²) in [6, 6.07) is 7.18. The summed E-state index contributed by atoms with van der Waals surface area (Å²) in [7, 11) is 3.35. The number of nitrogens with one attached hydrogen (secondary N) is 1. The van der Waals surface area contributed by atoms with E-state index in [1.165, 1.54) is 31.2 Å². The highest BCUT2D eigenvalue weighted by atomic mass is 16.5. The van der Waals surface area contributed by atoms with Gasteiger partial charge in [0.2, 0.25) is 0 Å². The Morgan fingerprint density at radius 3 is 2.75 bits per heavy atom. The van der Waals surface area contributed by atoms with Gasteiger partial charge in [0, 0.05) is 12.0 Å². The van der Waals surface area contributed by atoms with Gasteiger partial charge in [-0.05, 0) is 43.4 Å². The van der Waals surface area contributed by atoms with E-state index in [0.717, 1.165) is 30.2 Å². The van der Waals surface area contributed by atoms with Gasteiger partial charge in [-0.15, -0.1) is 6.58 Å². The van der Waals surface area contributed by atoms with Crippen molar-refractivity contribution in [3.63, 3.8) is 0 Å². The van der Waals surface area contributed by atoms with Crippen LogP contribution in [0.3, 0.4) is 0 Å². The number of benzene rings is 1. The summed E-state index contributed by atoms with van der Waals surface area (Å²) in [5.74, 6) is 2.93. The molecule has 0 aromatic heterocycles. The first-order chi connectivity index (χ1) is 11.8. The Bertz CT molecular complexity index is 612. The molecule has 1 heterocycles. The van der Waals surface area contributed by atoms with E-state index in [9.17, 15) is 0 Å². The predicted molar refractivity (Wildman–Crippen MR) is 98.3 cm³/mol. The lowest BCUT2D eigenvalue weighted by atomic mass is 9.91. The van der Waals surface area contributed by atoms with Crippen LogP contribution in [-0.2, 0) is 0 Å². The molecule has 1 unspecified atom stereocenters. The third-order valence-electron chi connectivity index (χ3n) is 5.17. The van der Waals surface area contributed by atoms with Crippen molar-refractivity contribution in [2.24, 2.45) is 4.99 Å². The van der Waals surface area contributed by atoms with Crippen LogP contribution < -0.4 is 14.8 Å². The molecule has 1 aromatic rings. The second kappa shape index (κ2) is 7.73. The fraction of sp³-hybridized carbons (Fsp3) is 0.550. The van der Waals surface area contributed by atoms with Crippen molar-refractivity contribution in [2.45, 2.75) is 56.5 Å². The van der Waals surface area contributed by atoms with Crippen molar-refractivity contribution in [3.05, 3.63) is 36.4 Å². The number of hydrogen-bond acceptors (Lipinski definition) is 4. The molecule has 1 aromatic carbocycles. The first kappa shape index (κ1) is 16.9. The summed E-state index contributed by atoms with van der Waals surface area (Å²) in [6.07, 6.45) is 9.01. The van der Waals surface area contributed by atoms with Gasteiger partial charge in [0.1, 0.15) is 5.84 Å². The van der Waals surface area contributed by atoms with E-state index >= 15 is 0 Å². The number of ether oxygens (including phenoxy) is 2. The van der Waals surface area contributed by atoms with Crippen molar-refractivity contribution in [1.29, 1.82) is 0 Å². The number of aliphatic imine (C=N–C) groups is 1. The van der Waals surface area contributed by atoms with Crippen molar-refractivity contribution in [3.8, 4) is 11.5 Å². The van der Waals surface area contributed by atoms with Gasteiger partial charge in [0.25, 0.3) is 0 Å². The quantitative estimate of drug-likeness (QED) is 0.767. The van der Waals surface area contributed by atoms with Crippen molar-refractivity contribution in [2.75, 3.05) is 14.2 Å². The molecule has 1 N–H and O–H groups in total. The number of nitrogens with zero attached hydrogens (tertiary/aromatic N) is 1. The minimum absolute atomic E-state index is 0.258. The first-order valence-electron chi connectivity index (χ1n) is 8.94. The Labute approximate surface area is 145 Å². The molecule has 2 aliphatic rings. The van der Waals surface area contributed by atoms with E-state index < -0.39 is 0 Å². The molecule has 1 saturated carbocycles. The number of methoxy groups -OCH3 is 2. The molecule has 3 atom stereocenters. The normalized spacial score (nSPS) is 23.7. The van der Waals surface area contributed by atoms with Gasteiger partial charge in [0.05, 0.1) is 20.3 Å². The Balaban J connectivity index is 1.88. The first-order valence-corrected chi connectivity index (χ1v) is 8.94. The monoisotopic (exact) mass is 328 g/mol. The maximum Gasteiger partial charge on any atom is 0.161 e. The van der Waals surface area contributed by atoms with E-state index in [0.29, 0.717) is 12.1 Å². The van der Waals surface area contributed by atoms with Gasteiger partial charge < -0.3 is 14.8 Å². The molecule has 24 heavy (non-hydrogen) atoms. The van der Waals surface area contributed by atoms with Crippen molar-refractivity contribution < 1.29 is 9.47 Å². The van der Waals surface area contributed by atoms with Crippen LogP contribution in [0.15, 0.2) is 35.8 Å². The lowest BCUT2D eigenvalue weighted by Gasteiger charge is -2.24. The maximum absolute atomic E-state index is 5.48. The summed E-state index contributed by atoms with van der Waals surface area (Å²) >= 11 is 0. The van der Waals surface area contributed by atoms with Crippen molar-refractivity contribution >= 4 is 5.84 Å². The van der Waals surface area contributed by atoms with E-state index in [4.69, 9.17) is 14.5 Å². The molecule has 0 radical (unpaired) electrons. The van der Waals surface area contributed by atoms with Crippen LogP contribution in [0.2, 0.25) is 0 Å². The summed E-state index contributed by atoms with van der Waals surface area (Å²) in [4.78, 5) is 5.04. The number of amidine groups is 1. The molecular formula is C20H28N2O2. The highest BCUT2D eigenvalue weighted by Crippen LogP contribution is 2.35. The van der Waals surface area contributed by atoms with Crippen LogP contribution in [0.4, 0.5) is 0 Å². The summed E-state index contributed by atoms with van der Waals surface area (Å²) < 4.78 is 10.9. The zero-order valence-electron chi connectivity index (χ0n) is 14.8. The van der Waals surface area contributed by atoms with E-state index in [1.54, 1.807) is 14.2 Å². The second-order valence-electron chi connectivity index (χ2n) is 6.65. The fourth-order valence-corrected chi connectivity index (χ4v) is 3.85. The highest BCUT2D eigenvalue weighted by molar-refractivity contribution is 5.91. The molecule has 4 nitrogen and oxygen atoms in total. The van der Waals surface area contributed by atoms with Gasteiger partial charge in [-0.1, -0.05) is 25.0 Å². The van der Waals surface area contributed by atoms with Crippen LogP contribution in [0, 0.1) is 0 Å². The number of rotatable bonds is 7. The SMILES string of the molecule is C=CCCC(C1=N[C@H]2CCCC[C@@H]2N1)c1ccc(OC)c(OC)c1. The van der Waals surface area contributed by atoms with Crippen molar-refractivity contribution in [1.82, 2.24) is 5.32 Å². The molecule has 4 heteroatoms. The Morgan fingerprint density at radius 1 is 1.25 bits per heavy atom. The smallest absolute Gasteiger partial charge is 0.161 e. The van der Waals surface area contributed by atoms with Crippen LogP contribution in [0.25, 0.3) is 0 Å². The zero-order chi connectivity index (χ0) is 16.9. The van der Waals surface area contributed by atoms with Crippen LogP contribution in [-0.4, -0.2) is 32.1 Å². The Morgan fingerprint density at radius 2 is 2.04 bits per heavy atom. The van der Waals surface area contributed by atoms with E-state index in [1.807, 2.05) is 12.1 Å². The third kappa shape index (κ3) is 3.42. The minimum atomic E-state index is 0.258. The van der Waals surface area contributed by atoms with Gasteiger partial charge >= 0.3 is 0 Å². The minimum Gasteiger partial charge on any atom is -0.493 e. The van der Waals surface area contributed by atoms with Gasteiger partial charge in [-0.25, -0.2) is 0 Å². The van der Waals surface area contributed by atoms with Crippen LogP contribution in [0.1, 0.15) is 50.0 Å². The lowest BCUT2D eigenvalue weighted by molar-refractivity contribution is 0.354. The maximum atomic E-state index is 5.48. The Kier molecular flexibility index (Phi) is 5.44. The van der Waals surface area contributed by atoms with Crippen LogP contribution >= 0.6 is 0 Å². The molecular weight excluding hydrogens is 300 g/mol. The molecule has 0 amide bonds. The van der Waals surface area contributed by atoms with Crippen LogP contribution in [0.5, 0.6) is 11.5 Å². The molecule has 130 valence electrons. The molecule has 0 bridgehead atoms. The number of fused-ring (bicyclic) bond motifs is 1. The average Bonchev–Trinajstić information content (AvgIpc) is 3.05. The molecule has 0 saturated heterocycles. The summed E-state index contributed by atoms with van der Waals surface area (Å²) in [5.41, 5.74) is 1.22. The lowest BCUT2D eigenvalue weighted by Crippen LogP contribution is -2.38. The highest BCUT2D eigenvalue weighted by Gasteiger charge is 2.34. The molecule has 1 aliphatic heterocycles. The molecule has 0 spiro atoms. The van der Waals surface area contributed by atoms with Gasteiger partial charge in [0.15, 0.2) is 11.5 Å². The summed E-state index contributed by atoms with van der Waals surface area (Å²) in [5, 5.41) is 3.71. The number of allylic oxidation sites excluding steroid dienone is 1. The topological polar surface area (TPSA) is 42.9 Å². The van der Waals surface area contributed by atoms with Gasteiger partial charge in [-0.3, -0.25) is 4.99 Å². The largest absolute Gasteiger partial charge is 0.493 e. The fourth-order valence-electron chi connectivity index (χ4n) is 3.85. The van der Waals surface area contributed by atoms with E-state index in [2.05, 4.69) is 24.0 Å². The number of hydrogen-bond donors (Lipinski definition) is 1. The average molecular weight is 328 g/mol. The summed E-state index contributed by atoms with van der Waals surface area (Å²) in [6.45, 7) is 3.88. The second-order valence-corrected chi connectivity index (χ2v) is 6.65. The standard InChI is InChI=1S/C20H28N2O2/c1-4-5-8-15(14-11-12-18(23-2)19(13-14)24-3)20-21-16-9-6-7-10-17(16)22-20/h4,11-13,15-17H,1,5-10H2,2-3H3,(H,21,22)/t15?,16-,17-/m0/s1. The zero-order valence-corrected chi connectivity index (χ0v) is 14.8. The van der Waals surface area contributed by atoms with E-state index in [-0.39, 0.29) is 5.92 Å². The molecule has 3 rings (SSSR count). The Hall–Kier alpha value is -1.97. The predicted octanol–water partition coefficient (Wildman–Crippen LogP) is 4.07. The molecule has 1 fully saturated rings.